The Bertz CT molecular complexity index is 742. The van der Waals surface area contributed by atoms with Gasteiger partial charge in [0.15, 0.2) is 0 Å². The number of carbonyl (C=O) groups is 2. The van der Waals surface area contributed by atoms with Crippen LogP contribution < -0.4 is 10.1 Å². The van der Waals surface area contributed by atoms with Crippen LogP contribution in [-0.2, 0) is 16.1 Å². The van der Waals surface area contributed by atoms with Crippen molar-refractivity contribution in [3.63, 3.8) is 0 Å². The Morgan fingerprint density at radius 1 is 1.35 bits per heavy atom. The zero-order chi connectivity index (χ0) is 18.4. The number of furan rings is 1. The molecule has 0 saturated carbocycles. The Kier molecular flexibility index (Phi) is 5.94. The van der Waals surface area contributed by atoms with Crippen molar-refractivity contribution in [3.05, 3.63) is 54.0 Å². The van der Waals surface area contributed by atoms with E-state index in [2.05, 4.69) is 5.32 Å². The summed E-state index contributed by atoms with van der Waals surface area (Å²) >= 11 is 0. The summed E-state index contributed by atoms with van der Waals surface area (Å²) in [5.74, 6) is 1.19. The van der Waals surface area contributed by atoms with E-state index in [0.29, 0.717) is 26.2 Å². The molecule has 1 saturated heterocycles. The summed E-state index contributed by atoms with van der Waals surface area (Å²) in [5, 5.41) is 2.90. The number of hydrogen-bond donors (Lipinski definition) is 1. The Morgan fingerprint density at radius 3 is 3.00 bits per heavy atom. The van der Waals surface area contributed by atoms with Crippen LogP contribution in [0.25, 0.3) is 0 Å². The molecule has 2 amide bonds. The summed E-state index contributed by atoms with van der Waals surface area (Å²) in [4.78, 5) is 26.0. The maximum Gasteiger partial charge on any atom is 0.225 e. The number of aryl methyl sites for hydroxylation is 1. The predicted molar refractivity (Wildman–Crippen MR) is 96.5 cm³/mol. The molecule has 0 aliphatic carbocycles. The van der Waals surface area contributed by atoms with E-state index in [1.165, 1.54) is 0 Å². The molecular formula is C20H24N2O4. The first-order chi connectivity index (χ1) is 12.6. The standard InChI is InChI=1S/C20H24N2O4/c1-15-5-2-6-17(11-15)25-10-4-8-21-20(24)16-12-19(23)22(13-16)14-18-7-3-9-26-18/h2-3,5-7,9,11,16H,4,8,10,12-14H2,1H3,(H,21,24)/t16-/m1/s1. The first kappa shape index (κ1) is 18.0. The van der Waals surface area contributed by atoms with Gasteiger partial charge in [-0.3, -0.25) is 9.59 Å². The highest BCUT2D eigenvalue weighted by Gasteiger charge is 2.34. The van der Waals surface area contributed by atoms with Gasteiger partial charge in [0.25, 0.3) is 0 Å². The van der Waals surface area contributed by atoms with Crippen LogP contribution in [0.3, 0.4) is 0 Å². The van der Waals surface area contributed by atoms with Crippen molar-refractivity contribution in [2.24, 2.45) is 5.92 Å². The number of hydrogen-bond acceptors (Lipinski definition) is 4. The number of ether oxygens (including phenoxy) is 1. The molecule has 6 nitrogen and oxygen atoms in total. The van der Waals surface area contributed by atoms with Crippen molar-refractivity contribution in [1.82, 2.24) is 10.2 Å². The fraction of sp³-hybridized carbons (Fsp3) is 0.400. The lowest BCUT2D eigenvalue weighted by Gasteiger charge is -2.15. The zero-order valence-corrected chi connectivity index (χ0v) is 14.9. The fourth-order valence-electron chi connectivity index (χ4n) is 3.01. The molecule has 0 spiro atoms. The van der Waals surface area contributed by atoms with E-state index in [4.69, 9.17) is 9.15 Å². The van der Waals surface area contributed by atoms with Gasteiger partial charge in [-0.2, -0.15) is 0 Å². The van der Waals surface area contributed by atoms with Gasteiger partial charge in [-0.05, 0) is 43.2 Å². The van der Waals surface area contributed by atoms with Crippen LogP contribution in [-0.4, -0.2) is 36.4 Å². The van der Waals surface area contributed by atoms with E-state index in [1.807, 2.05) is 37.3 Å². The van der Waals surface area contributed by atoms with Crippen molar-refractivity contribution in [1.29, 1.82) is 0 Å². The van der Waals surface area contributed by atoms with Gasteiger partial charge in [0.2, 0.25) is 11.8 Å². The summed E-state index contributed by atoms with van der Waals surface area (Å²) in [6, 6.07) is 11.5. The van der Waals surface area contributed by atoms with Crippen molar-refractivity contribution in [2.45, 2.75) is 26.3 Å². The third kappa shape index (κ3) is 4.88. The predicted octanol–water partition coefficient (Wildman–Crippen LogP) is 2.52. The van der Waals surface area contributed by atoms with Gasteiger partial charge < -0.3 is 19.4 Å². The summed E-state index contributed by atoms with van der Waals surface area (Å²) in [6.07, 6.45) is 2.56. The molecule has 6 heteroatoms. The number of rotatable bonds is 8. The molecule has 3 rings (SSSR count). The van der Waals surface area contributed by atoms with Crippen LogP contribution in [0.4, 0.5) is 0 Å². The van der Waals surface area contributed by atoms with E-state index < -0.39 is 0 Å². The van der Waals surface area contributed by atoms with Crippen LogP contribution >= 0.6 is 0 Å². The minimum absolute atomic E-state index is 0.00988. The number of benzene rings is 1. The maximum absolute atomic E-state index is 12.3. The van der Waals surface area contributed by atoms with E-state index in [0.717, 1.165) is 23.5 Å². The van der Waals surface area contributed by atoms with E-state index in [-0.39, 0.29) is 24.2 Å². The van der Waals surface area contributed by atoms with Gasteiger partial charge in [-0.1, -0.05) is 12.1 Å². The summed E-state index contributed by atoms with van der Waals surface area (Å²) < 4.78 is 10.9. The molecule has 0 bridgehead atoms. The van der Waals surface area contributed by atoms with Gasteiger partial charge in [0, 0.05) is 19.5 Å². The SMILES string of the molecule is Cc1cccc(OCCCNC(=O)[C@@H]2CC(=O)N(Cc3ccco3)C2)c1. The van der Waals surface area contributed by atoms with Crippen molar-refractivity contribution in [3.8, 4) is 5.75 Å². The summed E-state index contributed by atoms with van der Waals surface area (Å²) in [5.41, 5.74) is 1.15. The highest BCUT2D eigenvalue weighted by Crippen LogP contribution is 2.20. The van der Waals surface area contributed by atoms with Crippen LogP contribution in [0, 0.1) is 12.8 Å². The highest BCUT2D eigenvalue weighted by molar-refractivity contribution is 5.89. The number of nitrogens with one attached hydrogen (secondary N) is 1. The molecule has 2 heterocycles. The minimum Gasteiger partial charge on any atom is -0.494 e. The number of carbonyl (C=O) groups excluding carboxylic acids is 2. The zero-order valence-electron chi connectivity index (χ0n) is 14.9. The van der Waals surface area contributed by atoms with Gasteiger partial charge in [-0.25, -0.2) is 0 Å². The smallest absolute Gasteiger partial charge is 0.225 e. The number of nitrogens with zero attached hydrogens (tertiary/aromatic N) is 1. The topological polar surface area (TPSA) is 71.8 Å². The molecule has 1 aromatic heterocycles. The molecule has 0 unspecified atom stereocenters. The lowest BCUT2D eigenvalue weighted by molar-refractivity contribution is -0.129. The third-order valence-corrected chi connectivity index (χ3v) is 4.39. The van der Waals surface area contributed by atoms with Gasteiger partial charge in [-0.15, -0.1) is 0 Å². The second kappa shape index (κ2) is 8.56. The van der Waals surface area contributed by atoms with E-state index >= 15 is 0 Å². The Hall–Kier alpha value is -2.76. The summed E-state index contributed by atoms with van der Waals surface area (Å²) in [6.45, 7) is 3.95. The molecule has 26 heavy (non-hydrogen) atoms. The van der Waals surface area contributed by atoms with Crippen molar-refractivity contribution >= 4 is 11.8 Å². The molecule has 2 aromatic rings. The molecule has 1 fully saturated rings. The Balaban J connectivity index is 1.35. The van der Waals surface area contributed by atoms with Crippen LogP contribution in [0.2, 0.25) is 0 Å². The average Bonchev–Trinajstić information content (AvgIpc) is 3.25. The van der Waals surface area contributed by atoms with Gasteiger partial charge >= 0.3 is 0 Å². The summed E-state index contributed by atoms with van der Waals surface area (Å²) in [7, 11) is 0. The molecule has 1 aliphatic rings. The molecule has 0 radical (unpaired) electrons. The quantitative estimate of drug-likeness (QED) is 0.738. The monoisotopic (exact) mass is 356 g/mol. The number of amides is 2. The van der Waals surface area contributed by atoms with Crippen LogP contribution in [0.5, 0.6) is 5.75 Å². The van der Waals surface area contributed by atoms with Crippen molar-refractivity contribution < 1.29 is 18.7 Å². The molecule has 1 N–H and O–H groups in total. The van der Waals surface area contributed by atoms with Crippen molar-refractivity contribution in [2.75, 3.05) is 19.7 Å². The molecular weight excluding hydrogens is 332 g/mol. The average molecular weight is 356 g/mol. The first-order valence-corrected chi connectivity index (χ1v) is 8.89. The third-order valence-electron chi connectivity index (χ3n) is 4.39. The number of likely N-dealkylation sites (tertiary alicyclic amines) is 1. The fourth-order valence-corrected chi connectivity index (χ4v) is 3.01. The van der Waals surface area contributed by atoms with Gasteiger partial charge in [0.1, 0.15) is 11.5 Å². The van der Waals surface area contributed by atoms with Gasteiger partial charge in [0.05, 0.1) is 25.3 Å². The van der Waals surface area contributed by atoms with Crippen LogP contribution in [0.1, 0.15) is 24.2 Å². The minimum atomic E-state index is -0.296. The lowest BCUT2D eigenvalue weighted by Crippen LogP contribution is -2.33. The van der Waals surface area contributed by atoms with E-state index in [1.54, 1.807) is 17.2 Å². The second-order valence-corrected chi connectivity index (χ2v) is 6.56. The Morgan fingerprint density at radius 2 is 2.23 bits per heavy atom. The van der Waals surface area contributed by atoms with Crippen LogP contribution in [0.15, 0.2) is 47.1 Å². The maximum atomic E-state index is 12.3. The molecule has 138 valence electrons. The molecule has 1 aromatic carbocycles. The molecule has 1 atom stereocenters. The highest BCUT2D eigenvalue weighted by atomic mass is 16.5. The largest absolute Gasteiger partial charge is 0.494 e. The first-order valence-electron chi connectivity index (χ1n) is 8.89. The molecule has 1 aliphatic heterocycles. The normalized spacial score (nSPS) is 16.7. The van der Waals surface area contributed by atoms with E-state index in [9.17, 15) is 9.59 Å². The Labute approximate surface area is 153 Å². The second-order valence-electron chi connectivity index (χ2n) is 6.56. The lowest BCUT2D eigenvalue weighted by atomic mass is 10.1.